The van der Waals surface area contributed by atoms with Crippen LogP contribution in [-0.4, -0.2) is 35.1 Å². The molecule has 0 bridgehead atoms. The van der Waals surface area contributed by atoms with Crippen molar-refractivity contribution in [3.63, 3.8) is 0 Å². The van der Waals surface area contributed by atoms with E-state index in [2.05, 4.69) is 0 Å². The van der Waals surface area contributed by atoms with Gasteiger partial charge in [0.15, 0.2) is 17.5 Å². The van der Waals surface area contributed by atoms with Crippen LogP contribution in [0.5, 0.6) is 0 Å². The standard InChI is InChI=1S/C18H16F3NO2/c19-15-9-13(10-16(20)17(15)21)11-1-3-12(4-2-11)18(24)22(7-8-23)14-5-6-14/h1-4,9-10,14,23H,5-8H2. The van der Waals surface area contributed by atoms with Gasteiger partial charge in [-0.3, -0.25) is 4.79 Å². The summed E-state index contributed by atoms with van der Waals surface area (Å²) in [5, 5.41) is 9.08. The van der Waals surface area contributed by atoms with Gasteiger partial charge < -0.3 is 10.0 Å². The summed E-state index contributed by atoms with van der Waals surface area (Å²) < 4.78 is 39.7. The molecule has 0 unspecified atom stereocenters. The third-order valence-electron chi connectivity index (χ3n) is 4.04. The molecule has 0 heterocycles. The Morgan fingerprint density at radius 3 is 2.12 bits per heavy atom. The maximum Gasteiger partial charge on any atom is 0.254 e. The molecule has 2 aromatic rings. The molecule has 24 heavy (non-hydrogen) atoms. The Morgan fingerprint density at radius 1 is 1.04 bits per heavy atom. The zero-order valence-corrected chi connectivity index (χ0v) is 12.8. The number of rotatable bonds is 5. The SMILES string of the molecule is O=C(c1ccc(-c2cc(F)c(F)c(F)c2)cc1)N(CCO)C1CC1. The van der Waals surface area contributed by atoms with Gasteiger partial charge in [0.25, 0.3) is 5.91 Å². The topological polar surface area (TPSA) is 40.5 Å². The molecule has 0 radical (unpaired) electrons. The molecule has 3 rings (SSSR count). The second-order valence-electron chi connectivity index (χ2n) is 5.78. The summed E-state index contributed by atoms with van der Waals surface area (Å²) in [6.45, 7) is 0.175. The van der Waals surface area contributed by atoms with E-state index in [9.17, 15) is 18.0 Å². The summed E-state index contributed by atoms with van der Waals surface area (Å²) >= 11 is 0. The lowest BCUT2D eigenvalue weighted by atomic mass is 10.0. The molecule has 126 valence electrons. The highest BCUT2D eigenvalue weighted by molar-refractivity contribution is 5.95. The molecule has 3 nitrogen and oxygen atoms in total. The van der Waals surface area contributed by atoms with Gasteiger partial charge in [0.2, 0.25) is 0 Å². The van der Waals surface area contributed by atoms with Gasteiger partial charge in [0.05, 0.1) is 6.61 Å². The van der Waals surface area contributed by atoms with Crippen LogP contribution in [0.4, 0.5) is 13.2 Å². The van der Waals surface area contributed by atoms with Gasteiger partial charge in [-0.15, -0.1) is 0 Å². The first-order valence-electron chi connectivity index (χ1n) is 7.68. The number of halogens is 3. The number of hydrogen-bond donors (Lipinski definition) is 1. The van der Waals surface area contributed by atoms with Gasteiger partial charge in [-0.1, -0.05) is 12.1 Å². The van der Waals surface area contributed by atoms with Crippen molar-refractivity contribution in [1.29, 1.82) is 0 Å². The molecule has 0 spiro atoms. The monoisotopic (exact) mass is 335 g/mol. The van der Waals surface area contributed by atoms with Crippen LogP contribution in [0.2, 0.25) is 0 Å². The Morgan fingerprint density at radius 2 is 1.62 bits per heavy atom. The average Bonchev–Trinajstić information content (AvgIpc) is 3.41. The number of amides is 1. The van der Waals surface area contributed by atoms with E-state index < -0.39 is 17.5 Å². The number of benzene rings is 2. The molecule has 1 amide bonds. The van der Waals surface area contributed by atoms with Crippen LogP contribution < -0.4 is 0 Å². The summed E-state index contributed by atoms with van der Waals surface area (Å²) in [7, 11) is 0. The van der Waals surface area contributed by atoms with E-state index in [-0.39, 0.29) is 30.7 Å². The summed E-state index contributed by atoms with van der Waals surface area (Å²) in [6, 6.07) is 8.24. The van der Waals surface area contributed by atoms with Gasteiger partial charge in [-0.25, -0.2) is 13.2 Å². The number of aliphatic hydroxyl groups excluding tert-OH is 1. The summed E-state index contributed by atoms with van der Waals surface area (Å²) in [5.74, 6) is -4.20. The van der Waals surface area contributed by atoms with Crippen LogP contribution in [0, 0.1) is 17.5 Å². The smallest absolute Gasteiger partial charge is 0.254 e. The lowest BCUT2D eigenvalue weighted by Gasteiger charge is -2.21. The zero-order valence-electron chi connectivity index (χ0n) is 12.8. The van der Waals surface area contributed by atoms with Crippen LogP contribution in [-0.2, 0) is 0 Å². The minimum Gasteiger partial charge on any atom is -0.395 e. The zero-order chi connectivity index (χ0) is 17.3. The van der Waals surface area contributed by atoms with Crippen LogP contribution in [0.15, 0.2) is 36.4 Å². The quantitative estimate of drug-likeness (QED) is 0.851. The lowest BCUT2D eigenvalue weighted by Crippen LogP contribution is -2.35. The molecular weight excluding hydrogens is 319 g/mol. The van der Waals surface area contributed by atoms with Crippen molar-refractivity contribution in [3.8, 4) is 11.1 Å². The first kappa shape index (κ1) is 16.5. The third-order valence-corrected chi connectivity index (χ3v) is 4.04. The Kier molecular flexibility index (Phi) is 4.57. The Bertz CT molecular complexity index is 734. The van der Waals surface area contributed by atoms with E-state index in [1.54, 1.807) is 29.2 Å². The van der Waals surface area contributed by atoms with E-state index >= 15 is 0 Å². The van der Waals surface area contributed by atoms with E-state index in [0.29, 0.717) is 11.1 Å². The van der Waals surface area contributed by atoms with Crippen molar-refractivity contribution in [1.82, 2.24) is 4.90 Å². The number of aliphatic hydroxyl groups is 1. The molecule has 0 atom stereocenters. The van der Waals surface area contributed by atoms with E-state index in [0.717, 1.165) is 25.0 Å². The number of carbonyl (C=O) groups excluding carboxylic acids is 1. The summed E-state index contributed by atoms with van der Waals surface area (Å²) in [5.41, 5.74) is 1.10. The molecular formula is C18H16F3NO2. The van der Waals surface area contributed by atoms with Crippen molar-refractivity contribution < 1.29 is 23.1 Å². The molecule has 1 N–H and O–H groups in total. The highest BCUT2D eigenvalue weighted by Gasteiger charge is 2.32. The van der Waals surface area contributed by atoms with Gasteiger partial charge in [0, 0.05) is 18.2 Å². The normalized spacial score (nSPS) is 13.8. The molecule has 1 saturated carbocycles. The minimum absolute atomic E-state index is 0.103. The fraction of sp³-hybridized carbons (Fsp3) is 0.278. The molecule has 1 aliphatic rings. The fourth-order valence-electron chi connectivity index (χ4n) is 2.64. The van der Waals surface area contributed by atoms with E-state index in [4.69, 9.17) is 5.11 Å². The summed E-state index contributed by atoms with van der Waals surface area (Å²) in [4.78, 5) is 14.1. The third kappa shape index (κ3) is 3.28. The van der Waals surface area contributed by atoms with Gasteiger partial charge in [-0.2, -0.15) is 0 Å². The molecule has 0 saturated heterocycles. The van der Waals surface area contributed by atoms with Crippen molar-refractivity contribution >= 4 is 5.91 Å². The lowest BCUT2D eigenvalue weighted by molar-refractivity contribution is 0.0707. The van der Waals surface area contributed by atoms with Crippen LogP contribution in [0.3, 0.4) is 0 Å². The first-order valence-corrected chi connectivity index (χ1v) is 7.68. The molecule has 0 aliphatic heterocycles. The van der Waals surface area contributed by atoms with Crippen molar-refractivity contribution in [2.45, 2.75) is 18.9 Å². The van der Waals surface area contributed by atoms with E-state index in [1.807, 2.05) is 0 Å². The molecule has 2 aromatic carbocycles. The number of carbonyl (C=O) groups is 1. The van der Waals surface area contributed by atoms with Gasteiger partial charge in [0.1, 0.15) is 0 Å². The van der Waals surface area contributed by atoms with Crippen LogP contribution in [0.1, 0.15) is 23.2 Å². The highest BCUT2D eigenvalue weighted by Crippen LogP contribution is 2.29. The van der Waals surface area contributed by atoms with Gasteiger partial charge >= 0.3 is 0 Å². The molecule has 1 aliphatic carbocycles. The number of hydrogen-bond acceptors (Lipinski definition) is 2. The van der Waals surface area contributed by atoms with Crippen LogP contribution in [0.25, 0.3) is 11.1 Å². The molecule has 0 aromatic heterocycles. The predicted molar refractivity (Wildman–Crippen MR) is 82.9 cm³/mol. The second-order valence-corrected chi connectivity index (χ2v) is 5.78. The largest absolute Gasteiger partial charge is 0.395 e. The first-order chi connectivity index (χ1) is 11.5. The maximum atomic E-state index is 13.3. The van der Waals surface area contributed by atoms with Crippen molar-refractivity contribution in [2.24, 2.45) is 0 Å². The fourth-order valence-corrected chi connectivity index (χ4v) is 2.64. The van der Waals surface area contributed by atoms with Crippen molar-refractivity contribution in [2.75, 3.05) is 13.2 Å². The van der Waals surface area contributed by atoms with Crippen LogP contribution >= 0.6 is 0 Å². The predicted octanol–water partition coefficient (Wildman–Crippen LogP) is 3.37. The number of nitrogens with zero attached hydrogens (tertiary/aromatic N) is 1. The minimum atomic E-state index is -1.50. The molecule has 6 heteroatoms. The Balaban J connectivity index is 1.84. The maximum absolute atomic E-state index is 13.3. The average molecular weight is 335 g/mol. The second kappa shape index (κ2) is 6.65. The van der Waals surface area contributed by atoms with Gasteiger partial charge in [-0.05, 0) is 48.2 Å². The highest BCUT2D eigenvalue weighted by atomic mass is 19.2. The van der Waals surface area contributed by atoms with E-state index in [1.165, 1.54) is 0 Å². The summed E-state index contributed by atoms with van der Waals surface area (Å²) in [6.07, 6.45) is 1.86. The van der Waals surface area contributed by atoms with Crippen molar-refractivity contribution in [3.05, 3.63) is 59.4 Å². The Hall–Kier alpha value is -2.34. The molecule has 1 fully saturated rings. The Labute approximate surface area is 137 Å².